The minimum atomic E-state index is -4.65. The zero-order valence-electron chi connectivity index (χ0n) is 10.9. The largest absolute Gasteiger partial charge is 0.417 e. The topological polar surface area (TPSA) is 61.0 Å². The van der Waals surface area contributed by atoms with E-state index in [9.17, 15) is 17.6 Å². The maximum absolute atomic E-state index is 13.3. The summed E-state index contributed by atoms with van der Waals surface area (Å²) in [5, 5.41) is 0. The van der Waals surface area contributed by atoms with Crippen molar-refractivity contribution in [3.05, 3.63) is 41.3 Å². The molecule has 0 saturated heterocycles. The predicted octanol–water partition coefficient (Wildman–Crippen LogP) is 3.03. The lowest BCUT2D eigenvalue weighted by atomic mass is 10.1. The lowest BCUT2D eigenvalue weighted by Gasteiger charge is -2.13. The average Bonchev–Trinajstić information content (AvgIpc) is 2.36. The van der Waals surface area contributed by atoms with Crippen molar-refractivity contribution in [3.63, 3.8) is 0 Å². The number of nitrogens with two attached hydrogens (primary N) is 1. The van der Waals surface area contributed by atoms with Crippen LogP contribution in [0.15, 0.2) is 24.3 Å². The second kappa shape index (κ2) is 5.65. The summed E-state index contributed by atoms with van der Waals surface area (Å²) in [7, 11) is 1.40. The zero-order valence-corrected chi connectivity index (χ0v) is 10.9. The van der Waals surface area contributed by atoms with Crippen LogP contribution in [0.1, 0.15) is 11.3 Å². The van der Waals surface area contributed by atoms with Gasteiger partial charge in [0.25, 0.3) is 0 Å². The van der Waals surface area contributed by atoms with Crippen LogP contribution in [0, 0.1) is 5.82 Å². The van der Waals surface area contributed by atoms with Gasteiger partial charge in [0.15, 0.2) is 5.82 Å². The van der Waals surface area contributed by atoms with E-state index >= 15 is 0 Å². The van der Waals surface area contributed by atoms with Gasteiger partial charge in [-0.1, -0.05) is 0 Å². The van der Waals surface area contributed by atoms with Crippen molar-refractivity contribution in [2.24, 2.45) is 0 Å². The number of hydrogen-bond donors (Lipinski definition) is 1. The number of ether oxygens (including phenoxy) is 1. The molecule has 8 heteroatoms. The van der Waals surface area contributed by atoms with Crippen LogP contribution in [0.25, 0.3) is 11.4 Å². The summed E-state index contributed by atoms with van der Waals surface area (Å²) in [6.45, 7) is 0.0520. The minimum Gasteiger partial charge on any atom is -0.384 e. The molecule has 2 rings (SSSR count). The quantitative estimate of drug-likeness (QED) is 0.885. The van der Waals surface area contributed by atoms with Gasteiger partial charge in [0.05, 0.1) is 17.9 Å². The predicted molar refractivity (Wildman–Crippen MR) is 67.6 cm³/mol. The Morgan fingerprint density at radius 1 is 1.19 bits per heavy atom. The van der Waals surface area contributed by atoms with E-state index in [0.717, 1.165) is 12.1 Å². The molecule has 0 bridgehead atoms. The molecule has 0 aliphatic rings. The van der Waals surface area contributed by atoms with Crippen LogP contribution >= 0.6 is 0 Å². The average molecular weight is 301 g/mol. The molecule has 112 valence electrons. The Morgan fingerprint density at radius 2 is 1.90 bits per heavy atom. The van der Waals surface area contributed by atoms with Crippen LogP contribution in [0.2, 0.25) is 0 Å². The van der Waals surface area contributed by atoms with Gasteiger partial charge in [0.2, 0.25) is 0 Å². The first-order chi connectivity index (χ1) is 9.81. The van der Waals surface area contributed by atoms with Crippen LogP contribution in [0.3, 0.4) is 0 Å². The number of rotatable bonds is 3. The molecule has 1 aromatic carbocycles. The Balaban J connectivity index is 2.63. The number of hydrogen-bond acceptors (Lipinski definition) is 4. The standard InChI is InChI=1S/C13H11F4N3O/c1-21-6-8-5-11(18)20-12(19-8)9-4-7(14)2-3-10(9)13(15,16)17/h2-5H,6H2,1H3,(H2,18,19,20). The highest BCUT2D eigenvalue weighted by Crippen LogP contribution is 2.36. The Hall–Kier alpha value is -2.22. The SMILES string of the molecule is COCc1cc(N)nc(-c2cc(F)ccc2C(F)(F)F)n1. The molecule has 1 aromatic heterocycles. The molecule has 2 aromatic rings. The van der Waals surface area contributed by atoms with Gasteiger partial charge in [-0.3, -0.25) is 0 Å². The van der Waals surface area contributed by atoms with Crippen LogP contribution in [-0.4, -0.2) is 17.1 Å². The van der Waals surface area contributed by atoms with Gasteiger partial charge in [-0.15, -0.1) is 0 Å². The van der Waals surface area contributed by atoms with E-state index in [1.54, 1.807) is 0 Å². The first-order valence-electron chi connectivity index (χ1n) is 5.80. The van der Waals surface area contributed by atoms with Gasteiger partial charge in [0, 0.05) is 18.7 Å². The molecular weight excluding hydrogens is 290 g/mol. The number of aromatic nitrogens is 2. The van der Waals surface area contributed by atoms with Crippen molar-refractivity contribution >= 4 is 5.82 Å². The summed E-state index contributed by atoms with van der Waals surface area (Å²) in [4.78, 5) is 7.67. The van der Waals surface area contributed by atoms with Gasteiger partial charge in [-0.25, -0.2) is 14.4 Å². The molecule has 1 heterocycles. The summed E-state index contributed by atoms with van der Waals surface area (Å²) in [6.07, 6.45) is -4.65. The molecule has 4 nitrogen and oxygen atoms in total. The van der Waals surface area contributed by atoms with Gasteiger partial charge >= 0.3 is 6.18 Å². The van der Waals surface area contributed by atoms with E-state index in [0.29, 0.717) is 11.8 Å². The maximum atomic E-state index is 13.3. The summed E-state index contributed by atoms with van der Waals surface area (Å²) in [6, 6.07) is 3.48. The Morgan fingerprint density at radius 3 is 2.52 bits per heavy atom. The Bertz CT molecular complexity index is 658. The number of methoxy groups -OCH3 is 1. The molecule has 0 aliphatic carbocycles. The second-order valence-electron chi connectivity index (χ2n) is 4.23. The molecule has 0 atom stereocenters. The van der Waals surface area contributed by atoms with E-state index < -0.39 is 23.1 Å². The number of benzene rings is 1. The van der Waals surface area contributed by atoms with E-state index in [-0.39, 0.29) is 18.2 Å². The fourth-order valence-electron chi connectivity index (χ4n) is 1.81. The van der Waals surface area contributed by atoms with Crippen molar-refractivity contribution in [1.82, 2.24) is 9.97 Å². The molecule has 0 radical (unpaired) electrons. The fourth-order valence-corrected chi connectivity index (χ4v) is 1.81. The van der Waals surface area contributed by atoms with E-state index in [1.807, 2.05) is 0 Å². The van der Waals surface area contributed by atoms with Crippen molar-refractivity contribution in [2.75, 3.05) is 12.8 Å². The van der Waals surface area contributed by atoms with Crippen molar-refractivity contribution < 1.29 is 22.3 Å². The van der Waals surface area contributed by atoms with Crippen LogP contribution in [0.5, 0.6) is 0 Å². The van der Waals surface area contributed by atoms with Gasteiger partial charge in [0.1, 0.15) is 11.6 Å². The Labute approximate surface area is 117 Å². The molecule has 0 amide bonds. The monoisotopic (exact) mass is 301 g/mol. The van der Waals surface area contributed by atoms with Crippen molar-refractivity contribution in [1.29, 1.82) is 0 Å². The third kappa shape index (κ3) is 3.46. The summed E-state index contributed by atoms with van der Waals surface area (Å²) in [5.41, 5.74) is 4.35. The number of anilines is 1. The third-order valence-corrected chi connectivity index (χ3v) is 2.62. The van der Waals surface area contributed by atoms with Gasteiger partial charge in [-0.2, -0.15) is 13.2 Å². The number of nitrogens with zero attached hydrogens (tertiary/aromatic N) is 2. The van der Waals surface area contributed by atoms with Crippen LogP contribution in [-0.2, 0) is 17.5 Å². The molecule has 2 N–H and O–H groups in total. The van der Waals surface area contributed by atoms with Crippen LogP contribution < -0.4 is 5.73 Å². The number of alkyl halides is 3. The normalized spacial score (nSPS) is 11.7. The first-order valence-corrected chi connectivity index (χ1v) is 5.80. The summed E-state index contributed by atoms with van der Waals surface area (Å²) < 4.78 is 57.1. The molecular formula is C13H11F4N3O. The third-order valence-electron chi connectivity index (χ3n) is 2.62. The molecule has 0 saturated carbocycles. The van der Waals surface area contributed by atoms with Gasteiger partial charge in [-0.05, 0) is 18.2 Å². The van der Waals surface area contributed by atoms with Crippen molar-refractivity contribution in [3.8, 4) is 11.4 Å². The molecule has 0 unspecified atom stereocenters. The molecule has 21 heavy (non-hydrogen) atoms. The molecule has 0 fully saturated rings. The Kier molecular flexibility index (Phi) is 4.08. The first kappa shape index (κ1) is 15.2. The van der Waals surface area contributed by atoms with Gasteiger partial charge < -0.3 is 10.5 Å². The lowest BCUT2D eigenvalue weighted by Crippen LogP contribution is -2.10. The summed E-state index contributed by atoms with van der Waals surface area (Å²) >= 11 is 0. The summed E-state index contributed by atoms with van der Waals surface area (Å²) in [5.74, 6) is -1.14. The number of nitrogen functional groups attached to an aromatic ring is 1. The lowest BCUT2D eigenvalue weighted by molar-refractivity contribution is -0.137. The molecule has 0 aliphatic heterocycles. The van der Waals surface area contributed by atoms with E-state index in [2.05, 4.69) is 9.97 Å². The maximum Gasteiger partial charge on any atom is 0.417 e. The van der Waals surface area contributed by atoms with Crippen LogP contribution in [0.4, 0.5) is 23.4 Å². The minimum absolute atomic E-state index is 0.0237. The number of halogens is 4. The molecule has 0 spiro atoms. The smallest absolute Gasteiger partial charge is 0.384 e. The highest BCUT2D eigenvalue weighted by molar-refractivity contribution is 5.62. The highest BCUT2D eigenvalue weighted by atomic mass is 19.4. The zero-order chi connectivity index (χ0) is 15.6. The van der Waals surface area contributed by atoms with E-state index in [4.69, 9.17) is 10.5 Å². The van der Waals surface area contributed by atoms with Crippen molar-refractivity contribution in [2.45, 2.75) is 12.8 Å². The second-order valence-corrected chi connectivity index (χ2v) is 4.23. The highest BCUT2D eigenvalue weighted by Gasteiger charge is 2.34. The fraction of sp³-hybridized carbons (Fsp3) is 0.231. The van der Waals surface area contributed by atoms with E-state index in [1.165, 1.54) is 13.2 Å².